The molecule has 0 bridgehead atoms. The summed E-state index contributed by atoms with van der Waals surface area (Å²) >= 11 is 0. The number of carbonyl (C=O) groups is 1. The highest BCUT2D eigenvalue weighted by atomic mass is 32.3. The summed E-state index contributed by atoms with van der Waals surface area (Å²) in [5.41, 5.74) is 0.130. The van der Waals surface area contributed by atoms with Crippen LogP contribution in [0.15, 0.2) is 0 Å². The van der Waals surface area contributed by atoms with Crippen molar-refractivity contribution in [2.45, 2.75) is 77.7 Å². The molecule has 1 N–H and O–H groups in total. The number of fused-ring (bicyclic) bond motifs is 5. The van der Waals surface area contributed by atoms with Gasteiger partial charge in [-0.2, -0.15) is 8.42 Å². The minimum absolute atomic E-state index is 0.0877. The molecule has 4 aliphatic carbocycles. The van der Waals surface area contributed by atoms with Crippen LogP contribution in [0.3, 0.4) is 0 Å². The molecule has 142 valence electrons. The fourth-order valence-electron chi connectivity index (χ4n) is 7.25. The highest BCUT2D eigenvalue weighted by Crippen LogP contribution is 2.65. The Kier molecular flexibility index (Phi) is 4.14. The van der Waals surface area contributed by atoms with Crippen LogP contribution in [0.25, 0.3) is 0 Å². The van der Waals surface area contributed by atoms with Crippen molar-refractivity contribution in [1.29, 1.82) is 0 Å². The van der Waals surface area contributed by atoms with Crippen LogP contribution >= 0.6 is 0 Å². The van der Waals surface area contributed by atoms with E-state index in [2.05, 4.69) is 13.8 Å². The van der Waals surface area contributed by atoms with E-state index in [1.54, 1.807) is 0 Å². The van der Waals surface area contributed by atoms with Gasteiger partial charge in [0.15, 0.2) is 0 Å². The van der Waals surface area contributed by atoms with E-state index in [1.807, 2.05) is 0 Å². The number of carbonyl (C=O) groups excluding carboxylic acids is 1. The smallest absolute Gasteiger partial charge is 0.299 e. The van der Waals surface area contributed by atoms with Gasteiger partial charge in [0.2, 0.25) is 0 Å². The fraction of sp³-hybridized carbons (Fsp3) is 0.947. The first-order valence-corrected chi connectivity index (χ1v) is 11.2. The number of hydrogen-bond donors (Lipinski definition) is 1. The highest BCUT2D eigenvalue weighted by molar-refractivity contribution is 7.80. The molecular weight excluding hydrogens is 340 g/mol. The van der Waals surface area contributed by atoms with Crippen molar-refractivity contribution >= 4 is 16.2 Å². The van der Waals surface area contributed by atoms with Crippen molar-refractivity contribution < 1.29 is 21.9 Å². The van der Waals surface area contributed by atoms with Gasteiger partial charge in [0, 0.05) is 11.8 Å². The average molecular weight is 371 g/mol. The third-order valence-electron chi connectivity index (χ3n) is 8.58. The van der Waals surface area contributed by atoms with Gasteiger partial charge < -0.3 is 0 Å². The molecule has 4 rings (SSSR count). The van der Waals surface area contributed by atoms with Crippen LogP contribution in [0.5, 0.6) is 0 Å². The van der Waals surface area contributed by atoms with Crippen LogP contribution in [0.2, 0.25) is 0 Å². The molecule has 25 heavy (non-hydrogen) atoms. The lowest BCUT2D eigenvalue weighted by atomic mass is 9.45. The molecule has 0 aliphatic heterocycles. The molecular formula is C19H30O5S. The monoisotopic (exact) mass is 370 g/mol. The largest absolute Gasteiger partial charge is 0.397 e. The van der Waals surface area contributed by atoms with Gasteiger partial charge >= 0.3 is 10.4 Å². The molecule has 4 aliphatic rings. The van der Waals surface area contributed by atoms with Crippen LogP contribution in [0.4, 0.5) is 0 Å². The zero-order valence-electron chi connectivity index (χ0n) is 15.2. The normalized spacial score (nSPS) is 50.0. The second-order valence-corrected chi connectivity index (χ2v) is 10.5. The van der Waals surface area contributed by atoms with Gasteiger partial charge in [0.25, 0.3) is 0 Å². The highest BCUT2D eigenvalue weighted by Gasteiger charge is 2.60. The van der Waals surface area contributed by atoms with E-state index in [-0.39, 0.29) is 16.9 Å². The fourth-order valence-corrected chi connectivity index (χ4v) is 7.77. The summed E-state index contributed by atoms with van der Waals surface area (Å²) in [5.74, 6) is 2.76. The molecule has 0 saturated heterocycles. The van der Waals surface area contributed by atoms with E-state index in [1.165, 1.54) is 0 Å². The summed E-state index contributed by atoms with van der Waals surface area (Å²) in [4.78, 5) is 12.4. The van der Waals surface area contributed by atoms with Crippen LogP contribution in [-0.2, 0) is 19.4 Å². The van der Waals surface area contributed by atoms with Gasteiger partial charge in [0.1, 0.15) is 5.78 Å². The SMILES string of the molecule is C[C@]12CC[C@H](OS(=O)(=O)O)C[C@@H]1CCC1[C@@H]2CC[C@]2(C)C(=O)CC[C@@H]12. The van der Waals surface area contributed by atoms with E-state index in [0.717, 1.165) is 51.4 Å². The second kappa shape index (κ2) is 5.77. The molecule has 0 aromatic carbocycles. The second-order valence-electron chi connectivity index (χ2n) is 9.50. The third kappa shape index (κ3) is 2.79. The Labute approximate surface area is 150 Å². The average Bonchev–Trinajstić information content (AvgIpc) is 2.82. The first kappa shape index (κ1) is 17.9. The Morgan fingerprint density at radius 3 is 2.52 bits per heavy atom. The molecule has 6 heteroatoms. The molecule has 4 fully saturated rings. The number of Topliss-reactive ketones (excluding diaryl/α,β-unsaturated/α-hetero) is 1. The molecule has 0 radical (unpaired) electrons. The number of ketones is 1. The molecule has 0 aromatic rings. The molecule has 4 saturated carbocycles. The van der Waals surface area contributed by atoms with Gasteiger partial charge in [-0.15, -0.1) is 0 Å². The first-order valence-electron chi connectivity index (χ1n) is 9.82. The van der Waals surface area contributed by atoms with Gasteiger partial charge in [0.05, 0.1) is 6.10 Å². The summed E-state index contributed by atoms with van der Waals surface area (Å²) < 4.78 is 36.0. The van der Waals surface area contributed by atoms with E-state index in [9.17, 15) is 13.2 Å². The Balaban J connectivity index is 1.54. The van der Waals surface area contributed by atoms with Crippen molar-refractivity contribution in [3.8, 4) is 0 Å². The van der Waals surface area contributed by atoms with Crippen molar-refractivity contribution in [2.24, 2.45) is 34.5 Å². The van der Waals surface area contributed by atoms with E-state index in [4.69, 9.17) is 8.74 Å². The Morgan fingerprint density at radius 2 is 1.80 bits per heavy atom. The zero-order valence-corrected chi connectivity index (χ0v) is 16.1. The minimum atomic E-state index is -4.37. The van der Waals surface area contributed by atoms with Crippen molar-refractivity contribution in [3.63, 3.8) is 0 Å². The van der Waals surface area contributed by atoms with Gasteiger partial charge in [-0.25, -0.2) is 4.18 Å². The molecule has 0 amide bonds. The summed E-state index contributed by atoms with van der Waals surface area (Å²) in [5, 5.41) is 0. The summed E-state index contributed by atoms with van der Waals surface area (Å²) in [6, 6.07) is 0. The molecule has 0 aromatic heterocycles. The zero-order chi connectivity index (χ0) is 18.0. The lowest BCUT2D eigenvalue weighted by molar-refractivity contribution is -0.141. The van der Waals surface area contributed by atoms with Crippen LogP contribution < -0.4 is 0 Å². The van der Waals surface area contributed by atoms with E-state index in [0.29, 0.717) is 35.9 Å². The predicted molar refractivity (Wildman–Crippen MR) is 93.2 cm³/mol. The van der Waals surface area contributed by atoms with Crippen molar-refractivity contribution in [2.75, 3.05) is 0 Å². The summed E-state index contributed by atoms with van der Waals surface area (Å²) in [6.45, 7) is 4.59. The Bertz CT molecular complexity index is 673. The van der Waals surface area contributed by atoms with E-state index >= 15 is 0 Å². The predicted octanol–water partition coefficient (Wildman–Crippen LogP) is 3.79. The lowest BCUT2D eigenvalue weighted by Crippen LogP contribution is -2.54. The topological polar surface area (TPSA) is 80.7 Å². The molecule has 0 spiro atoms. The third-order valence-corrected chi connectivity index (χ3v) is 9.10. The standard InChI is InChI=1S/C19H30O5S/c1-18-9-7-13(24-25(21,22)23)11-12(18)3-4-14-15-5-6-17(20)19(15,2)10-8-16(14)18/h12-16H,3-11H2,1-2H3,(H,21,22,23)/t12-,13-,14?,15-,16-,18-,19-/m0/s1. The Hall–Kier alpha value is -0.460. The van der Waals surface area contributed by atoms with Gasteiger partial charge in [-0.05, 0) is 80.5 Å². The Morgan fingerprint density at radius 1 is 1.04 bits per heavy atom. The molecule has 0 heterocycles. The van der Waals surface area contributed by atoms with Crippen LogP contribution in [0, 0.1) is 34.5 Å². The van der Waals surface area contributed by atoms with Gasteiger partial charge in [-0.1, -0.05) is 13.8 Å². The molecule has 7 atom stereocenters. The molecule has 5 nitrogen and oxygen atoms in total. The quantitative estimate of drug-likeness (QED) is 0.748. The maximum Gasteiger partial charge on any atom is 0.397 e. The molecule has 1 unspecified atom stereocenters. The maximum atomic E-state index is 12.4. The van der Waals surface area contributed by atoms with E-state index < -0.39 is 10.4 Å². The minimum Gasteiger partial charge on any atom is -0.299 e. The number of rotatable bonds is 2. The summed E-state index contributed by atoms with van der Waals surface area (Å²) in [6.07, 6.45) is 8.19. The van der Waals surface area contributed by atoms with Crippen LogP contribution in [0.1, 0.15) is 71.6 Å². The van der Waals surface area contributed by atoms with Crippen LogP contribution in [-0.4, -0.2) is 24.9 Å². The summed E-state index contributed by atoms with van der Waals surface area (Å²) in [7, 11) is -4.37. The van der Waals surface area contributed by atoms with Crippen molar-refractivity contribution in [3.05, 3.63) is 0 Å². The lowest BCUT2D eigenvalue weighted by Gasteiger charge is -2.60. The van der Waals surface area contributed by atoms with Gasteiger partial charge in [-0.3, -0.25) is 9.35 Å². The first-order chi connectivity index (χ1) is 11.6. The van der Waals surface area contributed by atoms with Crippen molar-refractivity contribution in [1.82, 2.24) is 0 Å². The maximum absolute atomic E-state index is 12.4. The number of hydrogen-bond acceptors (Lipinski definition) is 4.